The number of carbonyl (C=O) groups excluding carboxylic acids is 1. The van der Waals surface area contributed by atoms with Crippen LogP contribution in [0.15, 0.2) is 12.3 Å². The lowest BCUT2D eigenvalue weighted by atomic mass is 9.76. The maximum absolute atomic E-state index is 12.7. The van der Waals surface area contributed by atoms with E-state index in [1.807, 2.05) is 13.8 Å². The van der Waals surface area contributed by atoms with Crippen LogP contribution in [0.1, 0.15) is 42.7 Å². The number of carboxylic acid groups (broad SMARTS) is 1. The van der Waals surface area contributed by atoms with Crippen molar-refractivity contribution < 1.29 is 14.7 Å². The normalized spacial score (nSPS) is 21.1. The Balaban J connectivity index is 2.38. The van der Waals surface area contributed by atoms with Crippen molar-refractivity contribution in [1.29, 1.82) is 0 Å². The monoisotopic (exact) mass is 310 g/mol. The lowest BCUT2D eigenvalue weighted by Gasteiger charge is -2.44. The number of hydrogen-bond donors (Lipinski definition) is 1. The highest BCUT2D eigenvalue weighted by Crippen LogP contribution is 2.36. The molecule has 1 aromatic heterocycles. The number of aryl methyl sites for hydroxylation is 1. The molecule has 1 aliphatic rings. The summed E-state index contributed by atoms with van der Waals surface area (Å²) in [5, 5.41) is 9.82. The molecule has 114 valence electrons. The third kappa shape index (κ3) is 3.02. The van der Waals surface area contributed by atoms with E-state index < -0.39 is 17.4 Å². The van der Waals surface area contributed by atoms with Crippen LogP contribution in [-0.2, 0) is 4.79 Å². The molecule has 0 aromatic carbocycles. The Bertz CT molecular complexity index is 586. The van der Waals surface area contributed by atoms with Crippen molar-refractivity contribution >= 4 is 23.5 Å². The second-order valence-electron chi connectivity index (χ2n) is 6.14. The van der Waals surface area contributed by atoms with Gasteiger partial charge >= 0.3 is 5.97 Å². The molecule has 1 aliphatic heterocycles. The minimum absolute atomic E-state index is 0.256. The zero-order valence-corrected chi connectivity index (χ0v) is 13.1. The number of piperidine rings is 1. The Hall–Kier alpha value is -1.62. The van der Waals surface area contributed by atoms with Gasteiger partial charge in [0.15, 0.2) is 0 Å². The van der Waals surface area contributed by atoms with E-state index >= 15 is 0 Å². The van der Waals surface area contributed by atoms with Crippen molar-refractivity contribution in [3.05, 3.63) is 28.5 Å². The summed E-state index contributed by atoms with van der Waals surface area (Å²) in [4.78, 5) is 29.8. The second kappa shape index (κ2) is 5.64. The topological polar surface area (TPSA) is 70.5 Å². The molecular weight excluding hydrogens is 292 g/mol. The largest absolute Gasteiger partial charge is 0.480 e. The predicted octanol–water partition coefficient (Wildman–Crippen LogP) is 2.76. The number of rotatable bonds is 2. The summed E-state index contributed by atoms with van der Waals surface area (Å²) in [6, 6.07) is 0.760. The number of hydrogen-bond acceptors (Lipinski definition) is 3. The van der Waals surface area contributed by atoms with Gasteiger partial charge in [-0.15, -0.1) is 0 Å². The fraction of sp³-hybridized carbons (Fsp3) is 0.533. The second-order valence-corrected chi connectivity index (χ2v) is 6.54. The van der Waals surface area contributed by atoms with E-state index in [1.54, 1.807) is 13.0 Å². The van der Waals surface area contributed by atoms with Gasteiger partial charge in [0, 0.05) is 18.4 Å². The van der Waals surface area contributed by atoms with E-state index in [-0.39, 0.29) is 11.5 Å². The number of aliphatic carboxylic acids is 1. The number of carboxylic acids is 1. The summed E-state index contributed by atoms with van der Waals surface area (Å²) in [6.45, 7) is 5.95. The van der Waals surface area contributed by atoms with Gasteiger partial charge in [-0.05, 0) is 31.2 Å². The third-order valence-electron chi connectivity index (χ3n) is 3.99. The first-order valence-corrected chi connectivity index (χ1v) is 7.28. The smallest absolute Gasteiger partial charge is 0.326 e. The van der Waals surface area contributed by atoms with E-state index in [2.05, 4.69) is 4.98 Å². The maximum Gasteiger partial charge on any atom is 0.326 e. The van der Waals surface area contributed by atoms with Crippen molar-refractivity contribution in [3.63, 3.8) is 0 Å². The van der Waals surface area contributed by atoms with Crippen molar-refractivity contribution in [2.24, 2.45) is 5.41 Å². The maximum atomic E-state index is 12.7. The van der Waals surface area contributed by atoms with Gasteiger partial charge in [-0.2, -0.15) is 0 Å². The predicted molar refractivity (Wildman–Crippen MR) is 79.5 cm³/mol. The van der Waals surface area contributed by atoms with Crippen LogP contribution in [0.5, 0.6) is 0 Å². The molecule has 1 aromatic rings. The quantitative estimate of drug-likeness (QED) is 0.912. The number of pyridine rings is 1. The highest BCUT2D eigenvalue weighted by molar-refractivity contribution is 6.33. The molecule has 5 nitrogen and oxygen atoms in total. The first kappa shape index (κ1) is 15.8. The molecule has 6 heteroatoms. The zero-order chi connectivity index (χ0) is 15.8. The third-order valence-corrected chi connectivity index (χ3v) is 4.30. The average molecular weight is 311 g/mol. The zero-order valence-electron chi connectivity index (χ0n) is 12.4. The molecule has 21 heavy (non-hydrogen) atoms. The van der Waals surface area contributed by atoms with Gasteiger partial charge in [0.2, 0.25) is 0 Å². The highest BCUT2D eigenvalue weighted by Gasteiger charge is 2.44. The van der Waals surface area contributed by atoms with Crippen LogP contribution in [0.4, 0.5) is 0 Å². The summed E-state index contributed by atoms with van der Waals surface area (Å²) in [7, 11) is 0. The Kier molecular flexibility index (Phi) is 4.23. The van der Waals surface area contributed by atoms with Crippen LogP contribution in [0.3, 0.4) is 0 Å². The van der Waals surface area contributed by atoms with Gasteiger partial charge in [-0.25, -0.2) is 4.79 Å². The first-order chi connectivity index (χ1) is 9.74. The molecule has 1 fully saturated rings. The molecule has 2 heterocycles. The molecule has 1 atom stereocenters. The van der Waals surface area contributed by atoms with Crippen LogP contribution >= 0.6 is 11.6 Å². The van der Waals surface area contributed by atoms with Gasteiger partial charge in [-0.1, -0.05) is 25.4 Å². The van der Waals surface area contributed by atoms with E-state index in [9.17, 15) is 14.7 Å². The molecule has 0 bridgehead atoms. The van der Waals surface area contributed by atoms with Gasteiger partial charge in [0.25, 0.3) is 5.91 Å². The lowest BCUT2D eigenvalue weighted by Crippen LogP contribution is -2.56. The Morgan fingerprint density at radius 3 is 2.71 bits per heavy atom. The average Bonchev–Trinajstić information content (AvgIpc) is 2.36. The SMILES string of the molecule is Cc1cc(Cl)c(C(=O)N2CCCC(C)(C)C2C(=O)O)cn1. The summed E-state index contributed by atoms with van der Waals surface area (Å²) < 4.78 is 0. The molecular formula is C15H19ClN2O3. The highest BCUT2D eigenvalue weighted by atomic mass is 35.5. The van der Waals surface area contributed by atoms with E-state index in [1.165, 1.54) is 11.1 Å². The Morgan fingerprint density at radius 2 is 2.14 bits per heavy atom. The van der Waals surface area contributed by atoms with Gasteiger partial charge in [-0.3, -0.25) is 9.78 Å². The number of aromatic nitrogens is 1. The van der Waals surface area contributed by atoms with Crippen LogP contribution in [0.2, 0.25) is 5.02 Å². The number of nitrogens with zero attached hydrogens (tertiary/aromatic N) is 2. The molecule has 1 unspecified atom stereocenters. The number of carbonyl (C=O) groups is 2. The van der Waals surface area contributed by atoms with Crippen LogP contribution < -0.4 is 0 Å². The minimum Gasteiger partial charge on any atom is -0.480 e. The van der Waals surface area contributed by atoms with Gasteiger partial charge in [0.05, 0.1) is 10.6 Å². The van der Waals surface area contributed by atoms with E-state index in [4.69, 9.17) is 11.6 Å². The molecule has 0 aliphatic carbocycles. The van der Waals surface area contributed by atoms with Crippen molar-refractivity contribution in [2.45, 2.75) is 39.7 Å². The summed E-state index contributed by atoms with van der Waals surface area (Å²) in [5.74, 6) is -1.35. The number of halogens is 1. The summed E-state index contributed by atoms with van der Waals surface area (Å²) in [6.07, 6.45) is 2.97. The van der Waals surface area contributed by atoms with Gasteiger partial charge < -0.3 is 10.0 Å². The molecule has 1 N–H and O–H groups in total. The minimum atomic E-state index is -0.982. The summed E-state index contributed by atoms with van der Waals surface area (Å²) >= 11 is 6.11. The molecule has 0 saturated carbocycles. The Labute approximate surface area is 128 Å². The lowest BCUT2D eigenvalue weighted by molar-refractivity contribution is -0.148. The van der Waals surface area contributed by atoms with Gasteiger partial charge in [0.1, 0.15) is 6.04 Å². The Morgan fingerprint density at radius 1 is 1.48 bits per heavy atom. The first-order valence-electron chi connectivity index (χ1n) is 6.90. The molecule has 1 saturated heterocycles. The molecule has 0 spiro atoms. The van der Waals surface area contributed by atoms with Crippen molar-refractivity contribution in [1.82, 2.24) is 9.88 Å². The number of amides is 1. The van der Waals surface area contributed by atoms with Crippen LogP contribution in [0.25, 0.3) is 0 Å². The molecule has 1 amide bonds. The van der Waals surface area contributed by atoms with Crippen molar-refractivity contribution in [2.75, 3.05) is 6.54 Å². The van der Waals surface area contributed by atoms with Crippen molar-refractivity contribution in [3.8, 4) is 0 Å². The number of likely N-dealkylation sites (tertiary alicyclic amines) is 1. The van der Waals surface area contributed by atoms with Crippen LogP contribution in [0, 0.1) is 12.3 Å². The fourth-order valence-corrected chi connectivity index (χ4v) is 3.21. The molecule has 0 radical (unpaired) electrons. The fourth-order valence-electron chi connectivity index (χ4n) is 2.92. The van der Waals surface area contributed by atoms with Crippen LogP contribution in [-0.4, -0.2) is 39.5 Å². The molecule has 2 rings (SSSR count). The van der Waals surface area contributed by atoms with E-state index in [0.29, 0.717) is 17.3 Å². The standard InChI is InChI=1S/C15H19ClN2O3/c1-9-7-11(16)10(8-17-9)13(19)18-6-4-5-15(2,3)12(18)14(20)21/h7-8,12H,4-6H2,1-3H3,(H,20,21). The summed E-state index contributed by atoms with van der Waals surface area (Å²) in [5.41, 5.74) is 0.501. The van der Waals surface area contributed by atoms with E-state index in [0.717, 1.165) is 12.8 Å².